The Balaban J connectivity index is 1.68. The Morgan fingerprint density at radius 3 is 2.68 bits per heavy atom. The van der Waals surface area contributed by atoms with Crippen molar-refractivity contribution in [3.05, 3.63) is 35.4 Å². The summed E-state index contributed by atoms with van der Waals surface area (Å²) in [6.07, 6.45) is 9.40. The number of rotatable bonds is 5. The lowest BCUT2D eigenvalue weighted by atomic mass is 9.86. The molecule has 0 radical (unpaired) electrons. The average Bonchev–Trinajstić information content (AvgIpc) is 2.45. The maximum Gasteiger partial charge on any atom is 0.251 e. The van der Waals surface area contributed by atoms with Gasteiger partial charge < -0.3 is 5.32 Å². The number of carbonyl (C=O) groups excluding carboxylic acids is 1. The van der Waals surface area contributed by atoms with E-state index in [1.807, 2.05) is 31.2 Å². The Morgan fingerprint density at radius 2 is 1.95 bits per heavy atom. The van der Waals surface area contributed by atoms with E-state index in [-0.39, 0.29) is 5.91 Å². The molecule has 1 aromatic carbocycles. The summed E-state index contributed by atoms with van der Waals surface area (Å²) in [5, 5.41) is 3.04. The molecule has 1 fully saturated rings. The average molecular weight is 259 g/mol. The minimum absolute atomic E-state index is 0.0711. The highest BCUT2D eigenvalue weighted by Crippen LogP contribution is 2.26. The fourth-order valence-electron chi connectivity index (χ4n) is 2.99. The molecule has 0 atom stereocenters. The number of benzene rings is 1. The first-order chi connectivity index (χ1) is 9.27. The smallest absolute Gasteiger partial charge is 0.251 e. The maximum atomic E-state index is 12.0. The van der Waals surface area contributed by atoms with Crippen LogP contribution in [-0.2, 0) is 0 Å². The SMILES string of the molecule is Cc1ccccc1C(=O)NCCCC1CCCCC1. The fraction of sp³-hybridized carbons (Fsp3) is 0.588. The van der Waals surface area contributed by atoms with Gasteiger partial charge in [0.2, 0.25) is 0 Å². The van der Waals surface area contributed by atoms with E-state index in [2.05, 4.69) is 5.32 Å². The summed E-state index contributed by atoms with van der Waals surface area (Å²) in [6, 6.07) is 7.77. The van der Waals surface area contributed by atoms with Gasteiger partial charge in [-0.3, -0.25) is 4.79 Å². The second-order valence-corrected chi connectivity index (χ2v) is 5.72. The summed E-state index contributed by atoms with van der Waals surface area (Å²) in [5.74, 6) is 0.978. The van der Waals surface area contributed by atoms with Gasteiger partial charge in [-0.1, -0.05) is 50.3 Å². The van der Waals surface area contributed by atoms with E-state index in [1.54, 1.807) is 0 Å². The molecule has 1 amide bonds. The Bertz CT molecular complexity index is 407. The van der Waals surface area contributed by atoms with Crippen LogP contribution >= 0.6 is 0 Å². The lowest BCUT2D eigenvalue weighted by molar-refractivity contribution is 0.0951. The largest absolute Gasteiger partial charge is 0.352 e. The van der Waals surface area contributed by atoms with Crippen LogP contribution in [0.5, 0.6) is 0 Å². The first kappa shape index (κ1) is 14.1. The summed E-state index contributed by atoms with van der Waals surface area (Å²) >= 11 is 0. The van der Waals surface area contributed by atoms with Crippen LogP contribution in [0, 0.1) is 12.8 Å². The number of carbonyl (C=O) groups is 1. The molecule has 2 nitrogen and oxygen atoms in total. The summed E-state index contributed by atoms with van der Waals surface area (Å²) < 4.78 is 0. The zero-order chi connectivity index (χ0) is 13.5. The van der Waals surface area contributed by atoms with E-state index in [0.717, 1.165) is 30.0 Å². The highest BCUT2D eigenvalue weighted by molar-refractivity contribution is 5.95. The molecule has 0 unspecified atom stereocenters. The van der Waals surface area contributed by atoms with Crippen LogP contribution in [0.2, 0.25) is 0 Å². The molecule has 2 heteroatoms. The predicted molar refractivity (Wildman–Crippen MR) is 79.3 cm³/mol. The van der Waals surface area contributed by atoms with E-state index in [4.69, 9.17) is 0 Å². The van der Waals surface area contributed by atoms with Crippen LogP contribution in [0.4, 0.5) is 0 Å². The van der Waals surface area contributed by atoms with Crippen LogP contribution in [0.1, 0.15) is 60.9 Å². The van der Waals surface area contributed by atoms with E-state index >= 15 is 0 Å². The van der Waals surface area contributed by atoms with E-state index < -0.39 is 0 Å². The Kier molecular flexibility index (Phi) is 5.44. The monoisotopic (exact) mass is 259 g/mol. The van der Waals surface area contributed by atoms with Crippen molar-refractivity contribution in [2.45, 2.75) is 51.9 Å². The van der Waals surface area contributed by atoms with Crippen molar-refractivity contribution in [2.24, 2.45) is 5.92 Å². The molecule has 0 bridgehead atoms. The molecule has 0 heterocycles. The topological polar surface area (TPSA) is 29.1 Å². The van der Waals surface area contributed by atoms with E-state index in [9.17, 15) is 4.79 Å². The molecule has 19 heavy (non-hydrogen) atoms. The second-order valence-electron chi connectivity index (χ2n) is 5.72. The van der Waals surface area contributed by atoms with Gasteiger partial charge in [0.05, 0.1) is 0 Å². The first-order valence-corrected chi connectivity index (χ1v) is 7.61. The van der Waals surface area contributed by atoms with Gasteiger partial charge in [-0.15, -0.1) is 0 Å². The number of nitrogens with one attached hydrogen (secondary N) is 1. The van der Waals surface area contributed by atoms with Crippen molar-refractivity contribution in [1.82, 2.24) is 5.32 Å². The lowest BCUT2D eigenvalue weighted by Gasteiger charge is -2.21. The maximum absolute atomic E-state index is 12.0. The van der Waals surface area contributed by atoms with Crippen molar-refractivity contribution in [3.63, 3.8) is 0 Å². The standard InChI is InChI=1S/C17H25NO/c1-14-8-5-6-12-16(14)17(19)18-13-7-11-15-9-3-2-4-10-15/h5-6,8,12,15H,2-4,7,9-11,13H2,1H3,(H,18,19). The molecule has 1 N–H and O–H groups in total. The van der Waals surface area contributed by atoms with E-state index in [0.29, 0.717) is 0 Å². The van der Waals surface area contributed by atoms with Gasteiger partial charge >= 0.3 is 0 Å². The summed E-state index contributed by atoms with van der Waals surface area (Å²) in [4.78, 5) is 12.0. The number of aryl methyl sites for hydroxylation is 1. The summed E-state index contributed by atoms with van der Waals surface area (Å²) in [6.45, 7) is 2.79. The van der Waals surface area contributed by atoms with Crippen LogP contribution in [0.3, 0.4) is 0 Å². The minimum atomic E-state index is 0.0711. The number of amides is 1. The molecule has 2 rings (SSSR count). The van der Waals surface area contributed by atoms with E-state index in [1.165, 1.54) is 38.5 Å². The third-order valence-electron chi connectivity index (χ3n) is 4.19. The fourth-order valence-corrected chi connectivity index (χ4v) is 2.99. The molecule has 1 saturated carbocycles. The van der Waals surface area contributed by atoms with Crippen molar-refractivity contribution in [3.8, 4) is 0 Å². The molecule has 0 spiro atoms. The highest BCUT2D eigenvalue weighted by Gasteiger charge is 2.13. The quantitative estimate of drug-likeness (QED) is 0.793. The van der Waals surface area contributed by atoms with Gasteiger partial charge in [-0.25, -0.2) is 0 Å². The molecule has 0 aromatic heterocycles. The van der Waals surface area contributed by atoms with Gasteiger partial charge in [-0.05, 0) is 37.3 Å². The van der Waals surface area contributed by atoms with Crippen LogP contribution in [0.25, 0.3) is 0 Å². The third kappa shape index (κ3) is 4.38. The molecule has 1 aromatic rings. The molecule has 1 aliphatic rings. The number of hydrogen-bond donors (Lipinski definition) is 1. The summed E-state index contributed by atoms with van der Waals surface area (Å²) in [5.41, 5.74) is 1.85. The molecule has 0 saturated heterocycles. The Hall–Kier alpha value is -1.31. The van der Waals surface area contributed by atoms with Crippen molar-refractivity contribution in [1.29, 1.82) is 0 Å². The van der Waals surface area contributed by atoms with Gasteiger partial charge in [-0.2, -0.15) is 0 Å². The van der Waals surface area contributed by atoms with Gasteiger partial charge in [0.25, 0.3) is 5.91 Å². The van der Waals surface area contributed by atoms with Crippen LogP contribution < -0.4 is 5.32 Å². The second kappa shape index (κ2) is 7.32. The first-order valence-electron chi connectivity index (χ1n) is 7.61. The predicted octanol–water partition coefficient (Wildman–Crippen LogP) is 4.09. The Labute approximate surface area is 116 Å². The van der Waals surface area contributed by atoms with Gasteiger partial charge in [0.1, 0.15) is 0 Å². The normalized spacial score (nSPS) is 16.3. The molecule has 104 valence electrons. The van der Waals surface area contributed by atoms with Crippen LogP contribution in [-0.4, -0.2) is 12.5 Å². The summed E-state index contributed by atoms with van der Waals surface area (Å²) in [7, 11) is 0. The molecular weight excluding hydrogens is 234 g/mol. The molecular formula is C17H25NO. The Morgan fingerprint density at radius 1 is 1.21 bits per heavy atom. The highest BCUT2D eigenvalue weighted by atomic mass is 16.1. The third-order valence-corrected chi connectivity index (χ3v) is 4.19. The van der Waals surface area contributed by atoms with Crippen molar-refractivity contribution < 1.29 is 4.79 Å². The van der Waals surface area contributed by atoms with Gasteiger partial charge in [0.15, 0.2) is 0 Å². The molecule has 1 aliphatic carbocycles. The van der Waals surface area contributed by atoms with Gasteiger partial charge in [0, 0.05) is 12.1 Å². The minimum Gasteiger partial charge on any atom is -0.352 e. The lowest BCUT2D eigenvalue weighted by Crippen LogP contribution is -2.25. The zero-order valence-electron chi connectivity index (χ0n) is 12.0. The van der Waals surface area contributed by atoms with Crippen LogP contribution in [0.15, 0.2) is 24.3 Å². The molecule has 0 aliphatic heterocycles. The van der Waals surface area contributed by atoms with Crippen molar-refractivity contribution in [2.75, 3.05) is 6.54 Å². The number of hydrogen-bond acceptors (Lipinski definition) is 1. The zero-order valence-corrected chi connectivity index (χ0v) is 12.0. The van der Waals surface area contributed by atoms with Crippen molar-refractivity contribution >= 4 is 5.91 Å².